The van der Waals surface area contributed by atoms with Gasteiger partial charge in [0.25, 0.3) is 5.56 Å². The molecule has 0 saturated heterocycles. The number of carbonyl (C=O) groups is 1. The van der Waals surface area contributed by atoms with Crippen molar-refractivity contribution in [2.24, 2.45) is 5.92 Å². The lowest BCUT2D eigenvalue weighted by molar-refractivity contribution is 0.0493. The van der Waals surface area contributed by atoms with E-state index >= 15 is 0 Å². The zero-order chi connectivity index (χ0) is 22.3. The molecule has 1 aromatic carbocycles. The highest BCUT2D eigenvalue weighted by molar-refractivity contribution is 6.35. The number of aromatic nitrogens is 3. The molecule has 2 heterocycles. The zero-order valence-corrected chi connectivity index (χ0v) is 18.3. The van der Waals surface area contributed by atoms with E-state index in [1.54, 1.807) is 51.1 Å². The standard InChI is InChI=1S/C22H24ClN5O3/c1-22(2,3)31-21(30)27-18(12-7-8-12)19-26-15-6-4-5-14(23)17(15)20(29)28(19)13-9-10-16(24)25-11-13/h4-6,9-12,18H,7-8H2,1-3H3,(H2,24,25)(H,27,30)/t18-/m0/s1. The number of hydrogen-bond donors (Lipinski definition) is 2. The van der Waals surface area contributed by atoms with Gasteiger partial charge in [-0.25, -0.2) is 14.8 Å². The van der Waals surface area contributed by atoms with Gasteiger partial charge in [-0.15, -0.1) is 0 Å². The van der Waals surface area contributed by atoms with Gasteiger partial charge in [-0.2, -0.15) is 0 Å². The van der Waals surface area contributed by atoms with Gasteiger partial charge in [-0.3, -0.25) is 9.36 Å². The lowest BCUT2D eigenvalue weighted by Crippen LogP contribution is -2.38. The normalized spacial score (nSPS) is 15.0. The van der Waals surface area contributed by atoms with E-state index in [9.17, 15) is 9.59 Å². The van der Waals surface area contributed by atoms with Crippen LogP contribution in [0.2, 0.25) is 5.02 Å². The van der Waals surface area contributed by atoms with Crippen LogP contribution in [0.25, 0.3) is 16.6 Å². The van der Waals surface area contributed by atoms with E-state index in [4.69, 9.17) is 27.1 Å². The number of rotatable bonds is 4. The van der Waals surface area contributed by atoms with Gasteiger partial charge in [0.05, 0.1) is 33.9 Å². The topological polar surface area (TPSA) is 112 Å². The van der Waals surface area contributed by atoms with Crippen LogP contribution in [0.4, 0.5) is 10.6 Å². The van der Waals surface area contributed by atoms with Crippen LogP contribution in [-0.2, 0) is 4.74 Å². The van der Waals surface area contributed by atoms with E-state index in [2.05, 4.69) is 10.3 Å². The summed E-state index contributed by atoms with van der Waals surface area (Å²) in [4.78, 5) is 35.0. The van der Waals surface area contributed by atoms with Gasteiger partial charge < -0.3 is 15.8 Å². The number of pyridine rings is 1. The van der Waals surface area contributed by atoms with Gasteiger partial charge in [0.2, 0.25) is 0 Å². The Bertz CT molecular complexity index is 1200. The van der Waals surface area contributed by atoms with Crippen LogP contribution in [0.15, 0.2) is 41.3 Å². The highest BCUT2D eigenvalue weighted by Crippen LogP contribution is 2.41. The molecule has 1 atom stereocenters. The predicted octanol–water partition coefficient (Wildman–Crippen LogP) is 3.99. The predicted molar refractivity (Wildman–Crippen MR) is 119 cm³/mol. The van der Waals surface area contributed by atoms with Crippen LogP contribution >= 0.6 is 11.6 Å². The van der Waals surface area contributed by atoms with E-state index in [0.29, 0.717) is 33.3 Å². The van der Waals surface area contributed by atoms with Gasteiger partial charge in [-0.05, 0) is 63.8 Å². The number of nitrogens with one attached hydrogen (secondary N) is 1. The fraction of sp³-hybridized carbons (Fsp3) is 0.364. The van der Waals surface area contributed by atoms with Crippen molar-refractivity contribution in [3.63, 3.8) is 0 Å². The quantitative estimate of drug-likeness (QED) is 0.633. The molecule has 3 aromatic rings. The summed E-state index contributed by atoms with van der Waals surface area (Å²) < 4.78 is 6.90. The SMILES string of the molecule is CC(C)(C)OC(=O)N[C@H](c1nc2cccc(Cl)c2c(=O)n1-c1ccc(N)nc1)C1CC1. The molecule has 2 aromatic heterocycles. The Morgan fingerprint density at radius 1 is 1.29 bits per heavy atom. The molecule has 31 heavy (non-hydrogen) atoms. The number of nitrogens with two attached hydrogens (primary N) is 1. The molecule has 0 aliphatic heterocycles. The van der Waals surface area contributed by atoms with E-state index in [0.717, 1.165) is 12.8 Å². The number of halogens is 1. The smallest absolute Gasteiger partial charge is 0.408 e. The molecule has 0 bridgehead atoms. The maximum Gasteiger partial charge on any atom is 0.408 e. The van der Waals surface area contributed by atoms with E-state index in [1.807, 2.05) is 0 Å². The molecule has 0 radical (unpaired) electrons. The minimum absolute atomic E-state index is 0.143. The highest BCUT2D eigenvalue weighted by Gasteiger charge is 2.38. The van der Waals surface area contributed by atoms with Gasteiger partial charge in [0, 0.05) is 0 Å². The maximum absolute atomic E-state index is 13.6. The van der Waals surface area contributed by atoms with Crippen molar-refractivity contribution in [3.8, 4) is 5.69 Å². The summed E-state index contributed by atoms with van der Waals surface area (Å²) in [6, 6.07) is 7.90. The second-order valence-electron chi connectivity index (χ2n) is 8.65. The molecule has 4 rings (SSSR count). The molecule has 162 valence electrons. The second-order valence-corrected chi connectivity index (χ2v) is 9.05. The third-order valence-electron chi connectivity index (χ3n) is 4.95. The summed E-state index contributed by atoms with van der Waals surface area (Å²) in [7, 11) is 0. The molecule has 1 aliphatic rings. The molecular formula is C22H24ClN5O3. The summed E-state index contributed by atoms with van der Waals surface area (Å²) in [5.74, 6) is 0.875. The van der Waals surface area contributed by atoms with Crippen molar-refractivity contribution in [2.45, 2.75) is 45.3 Å². The summed E-state index contributed by atoms with van der Waals surface area (Å²) in [6.45, 7) is 5.39. The Labute approximate surface area is 184 Å². The molecular weight excluding hydrogens is 418 g/mol. The minimum atomic E-state index is -0.650. The van der Waals surface area contributed by atoms with Crippen LogP contribution in [0.5, 0.6) is 0 Å². The molecule has 0 unspecified atom stereocenters. The first-order chi connectivity index (χ1) is 14.6. The third-order valence-corrected chi connectivity index (χ3v) is 5.26. The van der Waals surface area contributed by atoms with Crippen LogP contribution in [0.3, 0.4) is 0 Å². The fourth-order valence-electron chi connectivity index (χ4n) is 3.45. The molecule has 3 N–H and O–H groups in total. The number of amides is 1. The number of fused-ring (bicyclic) bond motifs is 1. The number of carbonyl (C=O) groups excluding carboxylic acids is 1. The van der Waals surface area contributed by atoms with E-state index in [-0.39, 0.29) is 11.5 Å². The number of ether oxygens (including phenoxy) is 1. The van der Waals surface area contributed by atoms with Gasteiger partial charge in [0.15, 0.2) is 0 Å². The maximum atomic E-state index is 13.6. The van der Waals surface area contributed by atoms with Gasteiger partial charge in [-0.1, -0.05) is 17.7 Å². The second kappa shape index (κ2) is 7.85. The van der Waals surface area contributed by atoms with Crippen LogP contribution in [-0.4, -0.2) is 26.2 Å². The van der Waals surface area contributed by atoms with Crippen molar-refractivity contribution < 1.29 is 9.53 Å². The van der Waals surface area contributed by atoms with Crippen LogP contribution in [0, 0.1) is 5.92 Å². The summed E-state index contributed by atoms with van der Waals surface area (Å²) in [5, 5.41) is 3.53. The number of nitrogen functional groups attached to an aromatic ring is 1. The van der Waals surface area contributed by atoms with Crippen molar-refractivity contribution >= 4 is 34.4 Å². The summed E-state index contributed by atoms with van der Waals surface area (Å²) in [5.41, 5.74) is 5.69. The third kappa shape index (κ3) is 4.49. The number of hydrogen-bond acceptors (Lipinski definition) is 6. The number of nitrogens with zero attached hydrogens (tertiary/aromatic N) is 3. The molecule has 1 saturated carbocycles. The van der Waals surface area contributed by atoms with E-state index in [1.165, 1.54) is 10.8 Å². The van der Waals surface area contributed by atoms with Gasteiger partial charge in [0.1, 0.15) is 17.2 Å². The van der Waals surface area contributed by atoms with Crippen molar-refractivity contribution in [2.75, 3.05) is 5.73 Å². The number of anilines is 1. The average Bonchev–Trinajstić information content (AvgIpc) is 3.51. The molecule has 1 aliphatic carbocycles. The first-order valence-corrected chi connectivity index (χ1v) is 10.4. The Morgan fingerprint density at radius 2 is 2.03 bits per heavy atom. The lowest BCUT2D eigenvalue weighted by atomic mass is 10.1. The summed E-state index contributed by atoms with van der Waals surface area (Å²) in [6.07, 6.45) is 2.75. The first kappa shape index (κ1) is 21.1. The monoisotopic (exact) mass is 441 g/mol. The Hall–Kier alpha value is -3.13. The largest absolute Gasteiger partial charge is 0.444 e. The average molecular weight is 442 g/mol. The Morgan fingerprint density at radius 3 is 2.65 bits per heavy atom. The number of alkyl carbamates (subject to hydrolysis) is 1. The van der Waals surface area contributed by atoms with Crippen LogP contribution < -0.4 is 16.6 Å². The van der Waals surface area contributed by atoms with Crippen molar-refractivity contribution in [3.05, 3.63) is 57.7 Å². The Balaban J connectivity index is 1.90. The lowest BCUT2D eigenvalue weighted by Gasteiger charge is -2.25. The Kier molecular flexibility index (Phi) is 5.35. The summed E-state index contributed by atoms with van der Waals surface area (Å²) >= 11 is 6.33. The molecule has 9 heteroatoms. The first-order valence-electron chi connectivity index (χ1n) is 10.1. The van der Waals surface area contributed by atoms with E-state index < -0.39 is 17.7 Å². The highest BCUT2D eigenvalue weighted by atomic mass is 35.5. The molecule has 1 amide bonds. The number of benzene rings is 1. The molecule has 0 spiro atoms. The minimum Gasteiger partial charge on any atom is -0.444 e. The molecule has 1 fully saturated rings. The fourth-order valence-corrected chi connectivity index (χ4v) is 3.70. The zero-order valence-electron chi connectivity index (χ0n) is 17.6. The van der Waals surface area contributed by atoms with Crippen LogP contribution in [0.1, 0.15) is 45.5 Å². The van der Waals surface area contributed by atoms with Crippen molar-refractivity contribution in [1.82, 2.24) is 19.9 Å². The van der Waals surface area contributed by atoms with Gasteiger partial charge >= 0.3 is 6.09 Å². The molecule has 8 nitrogen and oxygen atoms in total. The van der Waals surface area contributed by atoms with Crippen molar-refractivity contribution in [1.29, 1.82) is 0 Å².